The van der Waals surface area contributed by atoms with Crippen LogP contribution in [0, 0.1) is 0 Å². The molecule has 2 unspecified atom stereocenters. The summed E-state index contributed by atoms with van der Waals surface area (Å²) in [4.78, 5) is 26.8. The molecule has 9 heteroatoms. The van der Waals surface area contributed by atoms with Gasteiger partial charge in [-0.25, -0.2) is 13.1 Å². The predicted octanol–water partition coefficient (Wildman–Crippen LogP) is 0.218. The molecule has 2 aliphatic rings. The van der Waals surface area contributed by atoms with Gasteiger partial charge in [0.2, 0.25) is 15.9 Å². The second-order valence-electron chi connectivity index (χ2n) is 8.06. The van der Waals surface area contributed by atoms with E-state index in [1.165, 1.54) is 0 Å². The van der Waals surface area contributed by atoms with Crippen LogP contribution in [0.25, 0.3) is 0 Å². The molecule has 1 aromatic rings. The largest absolute Gasteiger partial charge is 0.356 e. The highest BCUT2D eigenvalue weighted by atomic mass is 32.2. The van der Waals surface area contributed by atoms with Crippen molar-refractivity contribution >= 4 is 21.8 Å². The first-order valence-electron chi connectivity index (χ1n) is 8.73. The van der Waals surface area contributed by atoms with E-state index in [2.05, 4.69) is 10.0 Å². The van der Waals surface area contributed by atoms with Crippen molar-refractivity contribution in [1.29, 1.82) is 0 Å². The van der Waals surface area contributed by atoms with E-state index in [-0.39, 0.29) is 24.0 Å². The molecule has 0 saturated carbocycles. The van der Waals surface area contributed by atoms with Crippen molar-refractivity contribution in [3.05, 3.63) is 24.0 Å². The molecule has 2 fully saturated rings. The number of sulfonamides is 1. The van der Waals surface area contributed by atoms with Gasteiger partial charge in [0, 0.05) is 44.5 Å². The molecule has 0 aromatic carbocycles. The van der Waals surface area contributed by atoms with E-state index in [4.69, 9.17) is 0 Å². The Morgan fingerprint density at radius 2 is 2.04 bits per heavy atom. The number of aryl methyl sites for hydroxylation is 1. The van der Waals surface area contributed by atoms with Gasteiger partial charge in [-0.3, -0.25) is 9.59 Å². The van der Waals surface area contributed by atoms with E-state index < -0.39 is 21.1 Å². The SMILES string of the molecule is Cn1ccc(C(=O)N2CCC(C)(NC(=O)CC3(C)CCS(=O)(=O)N3)C2)c1. The van der Waals surface area contributed by atoms with Crippen LogP contribution in [0.1, 0.15) is 43.5 Å². The second kappa shape index (κ2) is 6.38. The first-order chi connectivity index (χ1) is 12.0. The van der Waals surface area contributed by atoms with Crippen molar-refractivity contribution in [3.8, 4) is 0 Å². The molecule has 0 radical (unpaired) electrons. The molecule has 3 rings (SSSR count). The van der Waals surface area contributed by atoms with E-state index in [1.54, 1.807) is 24.1 Å². The summed E-state index contributed by atoms with van der Waals surface area (Å²) in [5.41, 5.74) is -0.608. The van der Waals surface area contributed by atoms with Crippen LogP contribution in [0.4, 0.5) is 0 Å². The Morgan fingerprint density at radius 1 is 1.31 bits per heavy atom. The van der Waals surface area contributed by atoms with E-state index in [1.807, 2.05) is 24.7 Å². The number of nitrogens with zero attached hydrogens (tertiary/aromatic N) is 2. The Hall–Kier alpha value is -1.87. The second-order valence-corrected chi connectivity index (χ2v) is 9.90. The minimum absolute atomic E-state index is 0.0425. The lowest BCUT2D eigenvalue weighted by Gasteiger charge is -2.29. The molecule has 2 N–H and O–H groups in total. The lowest BCUT2D eigenvalue weighted by atomic mass is 9.94. The summed E-state index contributed by atoms with van der Waals surface area (Å²) in [6, 6.07) is 1.78. The van der Waals surface area contributed by atoms with Gasteiger partial charge in [0.1, 0.15) is 0 Å². The zero-order chi connectivity index (χ0) is 19.2. The fourth-order valence-corrected chi connectivity index (χ4v) is 5.49. The maximum Gasteiger partial charge on any atom is 0.255 e. The summed E-state index contributed by atoms with van der Waals surface area (Å²) in [7, 11) is -1.41. The summed E-state index contributed by atoms with van der Waals surface area (Å²) < 4.78 is 27.6. The molecule has 2 amide bonds. The van der Waals surface area contributed by atoms with Gasteiger partial charge in [-0.1, -0.05) is 0 Å². The fraction of sp³-hybridized carbons (Fsp3) is 0.647. The lowest BCUT2D eigenvalue weighted by Crippen LogP contribution is -2.51. The van der Waals surface area contributed by atoms with Crippen LogP contribution in [-0.4, -0.2) is 59.6 Å². The quantitative estimate of drug-likeness (QED) is 0.778. The van der Waals surface area contributed by atoms with Crippen molar-refractivity contribution < 1.29 is 18.0 Å². The van der Waals surface area contributed by atoms with Crippen LogP contribution >= 0.6 is 0 Å². The molecule has 2 atom stereocenters. The smallest absolute Gasteiger partial charge is 0.255 e. The molecule has 1 aromatic heterocycles. The molecule has 2 saturated heterocycles. The van der Waals surface area contributed by atoms with Gasteiger partial charge in [0.05, 0.1) is 16.9 Å². The van der Waals surface area contributed by atoms with Gasteiger partial charge >= 0.3 is 0 Å². The topological polar surface area (TPSA) is 101 Å². The van der Waals surface area contributed by atoms with E-state index >= 15 is 0 Å². The molecule has 0 aliphatic carbocycles. The molecular formula is C17H26N4O4S. The number of carbonyl (C=O) groups is 2. The Bertz CT molecular complexity index is 834. The minimum atomic E-state index is -3.28. The first kappa shape index (κ1) is 18.9. The molecule has 26 heavy (non-hydrogen) atoms. The van der Waals surface area contributed by atoms with Crippen LogP contribution in [0.5, 0.6) is 0 Å². The highest BCUT2D eigenvalue weighted by molar-refractivity contribution is 7.89. The maximum atomic E-state index is 12.6. The van der Waals surface area contributed by atoms with E-state index in [0.29, 0.717) is 31.5 Å². The highest BCUT2D eigenvalue weighted by Gasteiger charge is 2.42. The summed E-state index contributed by atoms with van der Waals surface area (Å²) in [6.45, 7) is 4.69. The van der Waals surface area contributed by atoms with Crippen LogP contribution in [0.2, 0.25) is 0 Å². The Labute approximate surface area is 154 Å². The van der Waals surface area contributed by atoms with Crippen molar-refractivity contribution in [1.82, 2.24) is 19.5 Å². The number of likely N-dealkylation sites (tertiary alicyclic amines) is 1. The Morgan fingerprint density at radius 3 is 2.62 bits per heavy atom. The van der Waals surface area contributed by atoms with Gasteiger partial charge in [0.25, 0.3) is 5.91 Å². The summed E-state index contributed by atoms with van der Waals surface area (Å²) in [5.74, 6) is -0.194. The molecule has 3 heterocycles. The summed E-state index contributed by atoms with van der Waals surface area (Å²) >= 11 is 0. The first-order valence-corrected chi connectivity index (χ1v) is 10.4. The van der Waals surface area contributed by atoms with Crippen LogP contribution in [0.3, 0.4) is 0 Å². The van der Waals surface area contributed by atoms with Gasteiger partial charge in [-0.05, 0) is 32.8 Å². The zero-order valence-corrected chi connectivity index (χ0v) is 16.2. The number of aromatic nitrogens is 1. The van der Waals surface area contributed by atoms with Gasteiger partial charge in [-0.15, -0.1) is 0 Å². The van der Waals surface area contributed by atoms with Crippen molar-refractivity contribution in [2.45, 2.75) is 44.2 Å². The maximum absolute atomic E-state index is 12.6. The number of hydrogen-bond donors (Lipinski definition) is 2. The normalized spacial score (nSPS) is 30.5. The Kier molecular flexibility index (Phi) is 4.64. The van der Waals surface area contributed by atoms with Crippen LogP contribution in [0.15, 0.2) is 18.5 Å². The summed E-state index contributed by atoms with van der Waals surface area (Å²) in [6.07, 6.45) is 4.78. The molecule has 144 valence electrons. The average Bonchev–Trinajstić information content (AvgIpc) is 3.16. The number of amides is 2. The monoisotopic (exact) mass is 382 g/mol. The van der Waals surface area contributed by atoms with E-state index in [0.717, 1.165) is 0 Å². The van der Waals surface area contributed by atoms with Crippen LogP contribution < -0.4 is 10.0 Å². The van der Waals surface area contributed by atoms with Gasteiger partial charge in [0.15, 0.2) is 0 Å². The van der Waals surface area contributed by atoms with Gasteiger partial charge in [-0.2, -0.15) is 0 Å². The number of hydrogen-bond acceptors (Lipinski definition) is 4. The molecule has 2 aliphatic heterocycles. The fourth-order valence-electron chi connectivity index (χ4n) is 3.75. The Balaban J connectivity index is 1.58. The summed E-state index contributed by atoms with van der Waals surface area (Å²) in [5, 5.41) is 3.00. The van der Waals surface area contributed by atoms with Gasteiger partial charge < -0.3 is 14.8 Å². The predicted molar refractivity (Wildman–Crippen MR) is 97.0 cm³/mol. The minimum Gasteiger partial charge on any atom is -0.356 e. The van der Waals surface area contributed by atoms with E-state index in [9.17, 15) is 18.0 Å². The molecule has 0 spiro atoms. The third kappa shape index (κ3) is 4.09. The lowest BCUT2D eigenvalue weighted by molar-refractivity contribution is -0.123. The highest BCUT2D eigenvalue weighted by Crippen LogP contribution is 2.26. The number of carbonyl (C=O) groups excluding carboxylic acids is 2. The van der Waals surface area contributed by atoms with Crippen molar-refractivity contribution in [3.63, 3.8) is 0 Å². The third-order valence-corrected chi connectivity index (χ3v) is 6.70. The standard InChI is InChI=1S/C17H26N4O4S/c1-16(6-9-26(24,25)19-16)10-14(22)18-17(2)5-8-21(12-17)15(23)13-4-7-20(3)11-13/h4,7,11,19H,5-6,8-10,12H2,1-3H3,(H,18,22). The molecule has 8 nitrogen and oxygen atoms in total. The third-order valence-electron chi connectivity index (χ3n) is 5.16. The van der Waals surface area contributed by atoms with Crippen molar-refractivity contribution in [2.75, 3.05) is 18.8 Å². The number of nitrogens with one attached hydrogen (secondary N) is 2. The molecule has 0 bridgehead atoms. The zero-order valence-electron chi connectivity index (χ0n) is 15.4. The van der Waals surface area contributed by atoms with Crippen LogP contribution in [-0.2, 0) is 21.9 Å². The van der Waals surface area contributed by atoms with Crippen molar-refractivity contribution in [2.24, 2.45) is 7.05 Å². The molecular weight excluding hydrogens is 356 g/mol. The number of rotatable bonds is 4. The average molecular weight is 382 g/mol.